The summed E-state index contributed by atoms with van der Waals surface area (Å²) in [6.45, 7) is 3.03. The number of imidazole rings is 1. The summed E-state index contributed by atoms with van der Waals surface area (Å²) in [5.41, 5.74) is 4.06. The molecule has 1 aromatic carbocycles. The summed E-state index contributed by atoms with van der Waals surface area (Å²) >= 11 is 1.52. The van der Waals surface area contributed by atoms with Gasteiger partial charge in [-0.05, 0) is 31.2 Å². The third-order valence-electron chi connectivity index (χ3n) is 4.31. The van der Waals surface area contributed by atoms with E-state index in [1.54, 1.807) is 25.5 Å². The average molecular weight is 417 g/mol. The molecule has 0 atom stereocenters. The van der Waals surface area contributed by atoms with E-state index >= 15 is 0 Å². The van der Waals surface area contributed by atoms with Crippen LogP contribution in [0.2, 0.25) is 0 Å². The molecule has 0 radical (unpaired) electrons. The van der Waals surface area contributed by atoms with Crippen molar-refractivity contribution in [2.75, 3.05) is 5.32 Å². The lowest BCUT2D eigenvalue weighted by Crippen LogP contribution is -2.05. The molecule has 3 aromatic heterocycles. The minimum absolute atomic E-state index is 0.0648. The summed E-state index contributed by atoms with van der Waals surface area (Å²) in [6, 6.07) is 11.3. The second-order valence-corrected chi connectivity index (χ2v) is 7.81. The van der Waals surface area contributed by atoms with E-state index in [-0.39, 0.29) is 11.7 Å². The van der Waals surface area contributed by atoms with Crippen LogP contribution in [0.5, 0.6) is 0 Å². The molecular formula is C22H19N5O2S. The number of aromatic nitrogens is 4. The molecule has 3 heterocycles. The Morgan fingerprint density at radius 3 is 2.50 bits per heavy atom. The minimum atomic E-state index is -0.117. The Labute approximate surface area is 177 Å². The van der Waals surface area contributed by atoms with Crippen molar-refractivity contribution in [3.63, 3.8) is 0 Å². The van der Waals surface area contributed by atoms with Crippen molar-refractivity contribution in [2.45, 2.75) is 20.3 Å². The largest absolute Gasteiger partial charge is 0.344 e. The monoisotopic (exact) mass is 417 g/mol. The molecule has 0 unspecified atom stereocenters. The number of hydrogen-bond donors (Lipinski definition) is 2. The van der Waals surface area contributed by atoms with Crippen LogP contribution < -0.4 is 5.32 Å². The lowest BCUT2D eigenvalue weighted by molar-refractivity contribution is -0.116. The van der Waals surface area contributed by atoms with Gasteiger partial charge in [0.2, 0.25) is 5.91 Å². The number of ketones is 1. The fraction of sp³-hybridized carbons (Fsp3) is 0.136. The van der Waals surface area contributed by atoms with Crippen molar-refractivity contribution in [1.29, 1.82) is 0 Å². The standard InChI is InChI=1S/C22H19N5O2S/c1-13(28)11-18-12-16(7-8-23-18)22-27-19(20(30-22)21-24-9-10-25-21)15-3-5-17(6-4-15)26-14(2)29/h3-10,12H,11H2,1-2H3,(H,24,25)(H,26,29). The first kappa shape index (κ1) is 19.7. The fourth-order valence-corrected chi connectivity index (χ4v) is 4.11. The Kier molecular flexibility index (Phi) is 5.49. The third kappa shape index (κ3) is 4.33. The zero-order valence-electron chi connectivity index (χ0n) is 16.5. The van der Waals surface area contributed by atoms with E-state index in [1.165, 1.54) is 18.3 Å². The Morgan fingerprint density at radius 1 is 1.03 bits per heavy atom. The van der Waals surface area contributed by atoms with E-state index in [4.69, 9.17) is 4.98 Å². The number of anilines is 1. The maximum absolute atomic E-state index is 11.5. The molecule has 0 saturated carbocycles. The highest BCUT2D eigenvalue weighted by Gasteiger charge is 2.18. The molecule has 0 aliphatic heterocycles. The van der Waals surface area contributed by atoms with Crippen LogP contribution in [-0.4, -0.2) is 31.6 Å². The van der Waals surface area contributed by atoms with Crippen molar-refractivity contribution < 1.29 is 9.59 Å². The highest BCUT2D eigenvalue weighted by Crippen LogP contribution is 2.39. The maximum Gasteiger partial charge on any atom is 0.221 e. The van der Waals surface area contributed by atoms with E-state index in [0.29, 0.717) is 6.42 Å². The van der Waals surface area contributed by atoms with Crippen molar-refractivity contribution in [2.24, 2.45) is 0 Å². The Balaban J connectivity index is 1.76. The molecule has 8 heteroatoms. The number of benzene rings is 1. The highest BCUT2D eigenvalue weighted by molar-refractivity contribution is 7.18. The smallest absolute Gasteiger partial charge is 0.221 e. The van der Waals surface area contributed by atoms with Crippen molar-refractivity contribution >= 4 is 28.7 Å². The lowest BCUT2D eigenvalue weighted by atomic mass is 10.1. The second-order valence-electron chi connectivity index (χ2n) is 6.81. The van der Waals surface area contributed by atoms with Gasteiger partial charge in [0, 0.05) is 54.4 Å². The van der Waals surface area contributed by atoms with E-state index in [9.17, 15) is 9.59 Å². The topological polar surface area (TPSA) is 101 Å². The first-order valence-electron chi connectivity index (χ1n) is 9.33. The molecule has 30 heavy (non-hydrogen) atoms. The third-order valence-corrected chi connectivity index (χ3v) is 5.42. The van der Waals surface area contributed by atoms with Crippen molar-refractivity contribution in [3.8, 4) is 32.5 Å². The molecule has 0 aliphatic rings. The van der Waals surface area contributed by atoms with Gasteiger partial charge < -0.3 is 10.3 Å². The summed E-state index contributed by atoms with van der Waals surface area (Å²) in [6.07, 6.45) is 5.47. The van der Waals surface area contributed by atoms with Crippen LogP contribution in [0.15, 0.2) is 55.0 Å². The summed E-state index contributed by atoms with van der Waals surface area (Å²) in [4.78, 5) is 40.3. The molecule has 0 bridgehead atoms. The van der Waals surface area contributed by atoms with Crippen LogP contribution in [0.1, 0.15) is 19.5 Å². The van der Waals surface area contributed by atoms with Gasteiger partial charge in [-0.1, -0.05) is 12.1 Å². The average Bonchev–Trinajstić information content (AvgIpc) is 3.38. The number of rotatable bonds is 6. The van der Waals surface area contributed by atoms with Gasteiger partial charge in [-0.15, -0.1) is 11.3 Å². The SMILES string of the molecule is CC(=O)Cc1cc(-c2nc(-c3ccc(NC(C)=O)cc3)c(-c3ncc[nH]3)s2)ccn1. The van der Waals surface area contributed by atoms with Gasteiger partial charge >= 0.3 is 0 Å². The summed E-state index contributed by atoms with van der Waals surface area (Å²) in [5, 5.41) is 3.58. The second kappa shape index (κ2) is 8.38. The number of nitrogens with zero attached hydrogens (tertiary/aromatic N) is 3. The Hall–Kier alpha value is -3.65. The van der Waals surface area contributed by atoms with Crippen LogP contribution in [0, 0.1) is 0 Å². The zero-order valence-corrected chi connectivity index (χ0v) is 17.3. The van der Waals surface area contributed by atoms with Gasteiger partial charge in [-0.3, -0.25) is 14.6 Å². The molecule has 1 amide bonds. The number of nitrogens with one attached hydrogen (secondary N) is 2. The van der Waals surface area contributed by atoms with Gasteiger partial charge in [0.05, 0.1) is 10.6 Å². The van der Waals surface area contributed by atoms with Crippen molar-refractivity contribution in [3.05, 3.63) is 60.7 Å². The first-order valence-corrected chi connectivity index (χ1v) is 10.1. The number of thiazole rings is 1. The summed E-state index contributed by atoms with van der Waals surface area (Å²) in [7, 11) is 0. The summed E-state index contributed by atoms with van der Waals surface area (Å²) < 4.78 is 0. The quantitative estimate of drug-likeness (QED) is 0.486. The number of amides is 1. The Bertz CT molecular complexity index is 1200. The van der Waals surface area contributed by atoms with Gasteiger partial charge in [0.1, 0.15) is 16.6 Å². The predicted octanol–water partition coefficient (Wildman–Crippen LogP) is 4.35. The molecule has 150 valence electrons. The van der Waals surface area contributed by atoms with Crippen molar-refractivity contribution in [1.82, 2.24) is 19.9 Å². The molecule has 2 N–H and O–H groups in total. The maximum atomic E-state index is 11.5. The van der Waals surface area contributed by atoms with Gasteiger partial charge in [-0.25, -0.2) is 9.97 Å². The highest BCUT2D eigenvalue weighted by atomic mass is 32.1. The van der Waals surface area contributed by atoms with Crippen LogP contribution in [0.3, 0.4) is 0 Å². The number of aromatic amines is 1. The van der Waals surface area contributed by atoms with E-state index in [1.807, 2.05) is 36.4 Å². The van der Waals surface area contributed by atoms with Crippen LogP contribution >= 0.6 is 11.3 Å². The molecule has 0 spiro atoms. The number of pyridine rings is 1. The van der Waals surface area contributed by atoms with Crippen LogP contribution in [-0.2, 0) is 16.0 Å². The van der Waals surface area contributed by atoms with Gasteiger partial charge in [0.15, 0.2) is 0 Å². The number of hydrogen-bond acceptors (Lipinski definition) is 6. The number of carbonyl (C=O) groups is 2. The molecule has 0 aliphatic carbocycles. The van der Waals surface area contributed by atoms with E-state index in [2.05, 4.69) is 20.3 Å². The van der Waals surface area contributed by atoms with Crippen LogP contribution in [0.25, 0.3) is 32.5 Å². The van der Waals surface area contributed by atoms with Gasteiger partial charge in [0.25, 0.3) is 0 Å². The zero-order chi connectivity index (χ0) is 21.1. The Morgan fingerprint density at radius 2 is 1.83 bits per heavy atom. The predicted molar refractivity (Wildman–Crippen MR) is 117 cm³/mol. The normalized spacial score (nSPS) is 10.7. The molecule has 4 aromatic rings. The van der Waals surface area contributed by atoms with Gasteiger partial charge in [-0.2, -0.15) is 0 Å². The molecular weight excluding hydrogens is 398 g/mol. The fourth-order valence-electron chi connectivity index (χ4n) is 3.07. The number of carbonyl (C=O) groups excluding carboxylic acids is 2. The van der Waals surface area contributed by atoms with Crippen LogP contribution in [0.4, 0.5) is 5.69 Å². The molecule has 4 rings (SSSR count). The molecule has 7 nitrogen and oxygen atoms in total. The molecule has 0 fully saturated rings. The number of Topliss-reactive ketones (excluding diaryl/α,β-unsaturated/α-hetero) is 1. The lowest BCUT2D eigenvalue weighted by Gasteiger charge is -2.04. The minimum Gasteiger partial charge on any atom is -0.344 e. The molecule has 0 saturated heterocycles. The van der Waals surface area contributed by atoms with E-state index < -0.39 is 0 Å². The van der Waals surface area contributed by atoms with E-state index in [0.717, 1.165) is 43.9 Å². The number of H-pyrrole nitrogens is 1. The first-order chi connectivity index (χ1) is 14.5. The summed E-state index contributed by atoms with van der Waals surface area (Å²) in [5.74, 6) is 0.682.